The summed E-state index contributed by atoms with van der Waals surface area (Å²) in [7, 11) is 6.66. The average Bonchev–Trinajstić information content (AvgIpc) is 1.59. The lowest BCUT2D eigenvalue weighted by atomic mass is 9.62. The van der Waals surface area contributed by atoms with Gasteiger partial charge in [0.15, 0.2) is 34.9 Å². The molecule has 4 bridgehead atoms. The SMILES string of the molecule is C.CC1[C@H]2C=C[C@@H]1[C@@H]1C(=O)C=CC(=O)[C@@H]12.CC1[C@H]2C=C[C@@H]1[C@@H]1C[C@@H]3C(=C(O)c4c(OCc5ccccc5)noc4[C@@H]3[NH+](C)C)C(=O)[C@@H]12.CN(C)[C@H]1c2onc(OCc3ccccc3)c2C(O)=C2C(=O)C=CC[C@H]21.C[Si](C)(c1ccccc1)C1C=CC=C1.[Cl-]. The summed E-state index contributed by atoms with van der Waals surface area (Å²) in [4.78, 5) is 52.7. The lowest BCUT2D eigenvalue weighted by Crippen LogP contribution is -3.07. The zero-order valence-corrected chi connectivity index (χ0v) is 52.2. The molecule has 2 aromatic heterocycles. The third-order valence-corrected chi connectivity index (χ3v) is 24.2. The van der Waals surface area contributed by atoms with Crippen molar-refractivity contribution < 1.29 is 65.2 Å². The summed E-state index contributed by atoms with van der Waals surface area (Å²) in [6, 6.07) is 30.1. The van der Waals surface area contributed by atoms with Crippen LogP contribution in [0.2, 0.25) is 18.6 Å². The van der Waals surface area contributed by atoms with Gasteiger partial charge in [0.2, 0.25) is 5.76 Å². The van der Waals surface area contributed by atoms with E-state index >= 15 is 0 Å². The minimum atomic E-state index is -1.32. The minimum Gasteiger partial charge on any atom is -1.00 e. The van der Waals surface area contributed by atoms with Crippen molar-refractivity contribution in [2.75, 3.05) is 28.2 Å². The van der Waals surface area contributed by atoms with Crippen molar-refractivity contribution in [2.45, 2.75) is 78.0 Å². The van der Waals surface area contributed by atoms with Crippen LogP contribution in [-0.4, -0.2) is 84.8 Å². The van der Waals surface area contributed by atoms with E-state index < -0.39 is 8.07 Å². The Kier molecular flexibility index (Phi) is 18.6. The van der Waals surface area contributed by atoms with Gasteiger partial charge in [0.25, 0.3) is 11.8 Å². The molecule has 5 aromatic rings. The zero-order chi connectivity index (χ0) is 60.3. The molecule has 3 fully saturated rings. The Bertz CT molecular complexity index is 3640. The van der Waals surface area contributed by atoms with Crippen LogP contribution in [-0.2, 0) is 32.4 Å². The number of ether oxygens (including phenoxy) is 2. The second-order valence-electron chi connectivity index (χ2n) is 25.9. The van der Waals surface area contributed by atoms with Crippen molar-refractivity contribution in [2.24, 2.45) is 71.0 Å². The molecule has 10 aliphatic carbocycles. The number of hydrogen-bond acceptors (Lipinski definition) is 13. The van der Waals surface area contributed by atoms with Crippen LogP contribution in [0, 0.1) is 71.0 Å². The third kappa shape index (κ3) is 11.2. The highest BCUT2D eigenvalue weighted by Crippen LogP contribution is 2.61. The highest BCUT2D eigenvalue weighted by atomic mass is 35.5. The summed E-state index contributed by atoms with van der Waals surface area (Å²) in [6.07, 6.45) is 25.6. The molecule has 0 radical (unpaired) electrons. The number of carbonyl (C=O) groups is 4. The number of carbonyl (C=O) groups excluding carboxylic acids is 4. The number of rotatable bonds is 10. The normalized spacial score (nSPS) is 29.4. The maximum Gasteiger partial charge on any atom is 0.266 e. The number of benzene rings is 3. The molecule has 15 rings (SSSR count). The smallest absolute Gasteiger partial charge is 0.266 e. The number of nitrogens with zero attached hydrogens (tertiary/aromatic N) is 3. The van der Waals surface area contributed by atoms with E-state index in [1.54, 1.807) is 5.19 Å². The summed E-state index contributed by atoms with van der Waals surface area (Å²) in [6.45, 7) is 9.90. The molecule has 14 atom stereocenters. The third-order valence-electron chi connectivity index (χ3n) is 20.4. The summed E-state index contributed by atoms with van der Waals surface area (Å²) in [5.41, 5.74) is 4.46. The van der Waals surface area contributed by atoms with Crippen LogP contribution in [0.4, 0.5) is 0 Å². The van der Waals surface area contributed by atoms with Crippen molar-refractivity contribution in [3.63, 3.8) is 0 Å². The number of hydrogen-bond donors (Lipinski definition) is 3. The fourth-order valence-corrected chi connectivity index (χ4v) is 18.6. The fourth-order valence-electron chi connectivity index (χ4n) is 16.0. The molecule has 3 aromatic carbocycles. The largest absolute Gasteiger partial charge is 1.00 e. The molecule has 0 amide bonds. The lowest BCUT2D eigenvalue weighted by Gasteiger charge is -2.42. The monoisotopic (exact) mass is 1220 g/mol. The summed E-state index contributed by atoms with van der Waals surface area (Å²) in [5.74, 6) is 4.10. The molecule has 3 N–H and O–H groups in total. The number of fused-ring (bicyclic) bond motifs is 14. The molecule has 2 unspecified atom stereocenters. The quantitative estimate of drug-likeness (QED) is 0.0895. The first-order valence-corrected chi connectivity index (χ1v) is 33.5. The molecule has 10 aliphatic rings. The Labute approximate surface area is 523 Å². The Morgan fingerprint density at radius 2 is 1.10 bits per heavy atom. The highest BCUT2D eigenvalue weighted by molar-refractivity contribution is 6.91. The molecule has 14 nitrogen and oxygen atoms in total. The minimum absolute atomic E-state index is 0. The second-order valence-corrected chi connectivity index (χ2v) is 30.6. The Morgan fingerprint density at radius 1 is 0.625 bits per heavy atom. The van der Waals surface area contributed by atoms with E-state index in [0.29, 0.717) is 94.5 Å². The van der Waals surface area contributed by atoms with Crippen LogP contribution >= 0.6 is 0 Å². The maximum atomic E-state index is 13.8. The van der Waals surface area contributed by atoms with Crippen LogP contribution in [0.5, 0.6) is 11.8 Å². The van der Waals surface area contributed by atoms with Gasteiger partial charge in [-0.1, -0.05) is 185 Å². The predicted molar refractivity (Wildman–Crippen MR) is 337 cm³/mol. The molecule has 88 heavy (non-hydrogen) atoms. The number of halogens is 1. The van der Waals surface area contributed by atoms with Gasteiger partial charge in [-0.05, 0) is 114 Å². The molecular formula is C72H81ClN4O10Si. The van der Waals surface area contributed by atoms with Crippen LogP contribution in [0.25, 0.3) is 11.5 Å². The van der Waals surface area contributed by atoms with Crippen LogP contribution < -0.4 is 32.0 Å². The number of aliphatic hydroxyl groups is 2. The van der Waals surface area contributed by atoms with Gasteiger partial charge in [0.1, 0.15) is 35.9 Å². The number of aliphatic hydroxyl groups excluding tert-OH is 2. The van der Waals surface area contributed by atoms with Gasteiger partial charge in [0, 0.05) is 34.8 Å². The van der Waals surface area contributed by atoms with E-state index in [9.17, 15) is 29.4 Å². The van der Waals surface area contributed by atoms with Crippen LogP contribution in [0.15, 0.2) is 184 Å². The number of ketones is 4. The van der Waals surface area contributed by atoms with Gasteiger partial charge < -0.3 is 46.0 Å². The van der Waals surface area contributed by atoms with Crippen molar-refractivity contribution >= 4 is 47.9 Å². The molecule has 0 aliphatic heterocycles. The number of Topliss-reactive ketones (excluding diaryl/α,β-unsaturated/α-hetero) is 1. The molecule has 0 spiro atoms. The van der Waals surface area contributed by atoms with Gasteiger partial charge in [-0.15, -0.1) is 0 Å². The van der Waals surface area contributed by atoms with Crippen molar-refractivity contribution in [3.8, 4) is 11.8 Å². The summed E-state index contributed by atoms with van der Waals surface area (Å²) in [5, 5.41) is 32.0. The summed E-state index contributed by atoms with van der Waals surface area (Å²) >= 11 is 0. The predicted octanol–water partition coefficient (Wildman–Crippen LogP) is 8.40. The van der Waals surface area contributed by atoms with E-state index in [4.69, 9.17) is 18.5 Å². The Morgan fingerprint density at radius 3 is 1.64 bits per heavy atom. The topological polar surface area (TPSA) is 187 Å². The Hall–Kier alpha value is -7.69. The summed E-state index contributed by atoms with van der Waals surface area (Å²) < 4.78 is 23.1. The molecule has 3 saturated carbocycles. The van der Waals surface area contributed by atoms with E-state index in [1.807, 2.05) is 85.7 Å². The fraction of sp³-hybridized carbons (Fsp3) is 0.389. The number of nitrogens with one attached hydrogen (secondary N) is 1. The molecular weight excluding hydrogens is 1140 g/mol. The first-order valence-electron chi connectivity index (χ1n) is 30.4. The van der Waals surface area contributed by atoms with Crippen molar-refractivity contribution in [1.82, 2.24) is 15.2 Å². The molecule has 2 heterocycles. The van der Waals surface area contributed by atoms with E-state index in [-0.39, 0.29) is 114 Å². The van der Waals surface area contributed by atoms with E-state index in [1.165, 1.54) is 18.2 Å². The lowest BCUT2D eigenvalue weighted by molar-refractivity contribution is -0.897. The number of quaternary nitrogens is 1. The van der Waals surface area contributed by atoms with Gasteiger partial charge in [0.05, 0.1) is 34.1 Å². The maximum absolute atomic E-state index is 13.8. The standard InChI is InChI=1S/C26H28N2O4.C20H20N2O4.C13H16Si.C12H12O2.CH4.ClH/c1-13-15-9-10-16(13)19-17(15)11-18-20(23(19)29)24(30)21-25(22(18)28(2)3)32-27-26(21)31-12-14-7-5-4-6-8-14;1-22(2)17-13-9-6-10-14(23)15(13)18(24)16-19(17)26-21-20(16)25-11-12-7-4-3-5-8-12;1-14(2,13-10-6-7-11-13)12-8-4-3-5-9-12;1-6-7-2-3-8(6)12-10(14)5-4-9(13)11(7)12;;/h4-10,13,15-19,22,30H,11-12H2,1-3H3;3-8,10,13,17,24H,9,11H2,1-2H3;3-11,13H,1-2H3;2-8,11-12H,1H3;1H4;1H/t13?,15-,16+,17-,18+,19+,22+;13-,17-;;6?,7-,8+,11+,12-;;/m01..../s1. The molecule has 0 saturated heterocycles. The van der Waals surface area contributed by atoms with Crippen molar-refractivity contribution in [1.29, 1.82) is 0 Å². The van der Waals surface area contributed by atoms with E-state index in [2.05, 4.69) is 130 Å². The van der Waals surface area contributed by atoms with Crippen LogP contribution in [0.1, 0.15) is 80.0 Å². The van der Waals surface area contributed by atoms with Gasteiger partial charge in [-0.25, -0.2) is 0 Å². The van der Waals surface area contributed by atoms with Gasteiger partial charge in [-0.2, -0.15) is 0 Å². The number of allylic oxidation sites excluding steroid dienone is 12. The second kappa shape index (κ2) is 25.8. The van der Waals surface area contributed by atoms with Gasteiger partial charge in [-0.3, -0.25) is 24.1 Å². The Balaban J connectivity index is 0.000000136. The van der Waals surface area contributed by atoms with Crippen LogP contribution in [0.3, 0.4) is 0 Å². The molecule has 16 heteroatoms. The zero-order valence-electron chi connectivity index (χ0n) is 50.5. The number of aromatic nitrogens is 2. The van der Waals surface area contributed by atoms with Crippen molar-refractivity contribution in [3.05, 3.63) is 209 Å². The molecule has 460 valence electrons. The van der Waals surface area contributed by atoms with E-state index in [0.717, 1.165) is 22.4 Å². The van der Waals surface area contributed by atoms with Gasteiger partial charge >= 0.3 is 0 Å². The average molecular weight is 1230 g/mol. The first-order chi connectivity index (χ1) is 41.5. The highest BCUT2D eigenvalue weighted by Gasteiger charge is 2.61. The first kappa shape index (κ1) is 63.3.